The van der Waals surface area contributed by atoms with E-state index in [-0.39, 0.29) is 35.0 Å². The SMILES string of the molecule is CC[C@@H](C)NC(=O)[C@@H](C)N(Cc1cccc(Cl)c1)C(=O)CN(c1cc(Cl)ccc1OC)S(C)(=O)=O. The number of amides is 2. The van der Waals surface area contributed by atoms with Crippen LogP contribution in [0.4, 0.5) is 5.69 Å². The van der Waals surface area contributed by atoms with E-state index < -0.39 is 28.5 Å². The number of carbonyl (C=O) groups is 2. The summed E-state index contributed by atoms with van der Waals surface area (Å²) in [5, 5.41) is 3.63. The standard InChI is InChI=1S/C24H31Cl2N3O5S/c1-6-16(2)27-24(31)17(3)28(14-18-8-7-9-19(25)12-18)23(30)15-29(35(5,32)33)21-13-20(26)10-11-22(21)34-4/h7-13,16-17H,6,14-15H2,1-5H3,(H,27,31)/t16-,17-/m1/s1. The molecular formula is C24H31Cl2N3O5S. The summed E-state index contributed by atoms with van der Waals surface area (Å²) >= 11 is 12.2. The van der Waals surface area contributed by atoms with Gasteiger partial charge in [-0.2, -0.15) is 0 Å². The number of carbonyl (C=O) groups excluding carboxylic acids is 2. The third-order valence-electron chi connectivity index (χ3n) is 5.50. The first-order chi connectivity index (χ1) is 16.4. The van der Waals surface area contributed by atoms with Gasteiger partial charge >= 0.3 is 0 Å². The molecule has 0 saturated carbocycles. The first-order valence-corrected chi connectivity index (χ1v) is 13.6. The maximum absolute atomic E-state index is 13.6. The smallest absolute Gasteiger partial charge is 0.244 e. The zero-order valence-electron chi connectivity index (χ0n) is 20.4. The molecule has 0 aliphatic rings. The van der Waals surface area contributed by atoms with Crippen LogP contribution in [-0.2, 0) is 26.2 Å². The van der Waals surface area contributed by atoms with Crippen molar-refractivity contribution in [1.29, 1.82) is 0 Å². The van der Waals surface area contributed by atoms with Gasteiger partial charge in [0.15, 0.2) is 0 Å². The van der Waals surface area contributed by atoms with Crippen molar-refractivity contribution in [3.05, 3.63) is 58.1 Å². The van der Waals surface area contributed by atoms with E-state index >= 15 is 0 Å². The summed E-state index contributed by atoms with van der Waals surface area (Å²) in [6.07, 6.45) is 1.71. The van der Waals surface area contributed by atoms with Crippen LogP contribution in [0.3, 0.4) is 0 Å². The minimum Gasteiger partial charge on any atom is -0.495 e. The Hall–Kier alpha value is -2.49. The van der Waals surface area contributed by atoms with Gasteiger partial charge in [-0.05, 0) is 56.2 Å². The summed E-state index contributed by atoms with van der Waals surface area (Å²) in [5.74, 6) is -0.693. The fourth-order valence-corrected chi connectivity index (χ4v) is 4.56. The summed E-state index contributed by atoms with van der Waals surface area (Å²) in [5.41, 5.74) is 0.815. The number of ether oxygens (including phenoxy) is 1. The highest BCUT2D eigenvalue weighted by atomic mass is 35.5. The Morgan fingerprint density at radius 2 is 1.74 bits per heavy atom. The van der Waals surface area contributed by atoms with Crippen molar-refractivity contribution in [2.24, 2.45) is 0 Å². The molecule has 0 spiro atoms. The van der Waals surface area contributed by atoms with Gasteiger partial charge in [0.2, 0.25) is 21.8 Å². The number of sulfonamides is 1. The van der Waals surface area contributed by atoms with Gasteiger partial charge < -0.3 is 15.0 Å². The monoisotopic (exact) mass is 543 g/mol. The van der Waals surface area contributed by atoms with Crippen LogP contribution in [0.2, 0.25) is 10.0 Å². The van der Waals surface area contributed by atoms with Gasteiger partial charge in [-0.1, -0.05) is 42.3 Å². The van der Waals surface area contributed by atoms with Gasteiger partial charge in [-0.15, -0.1) is 0 Å². The Kier molecular flexibility index (Phi) is 10.2. The summed E-state index contributed by atoms with van der Waals surface area (Å²) < 4.78 is 31.7. The molecule has 0 aliphatic carbocycles. The molecule has 0 radical (unpaired) electrons. The van der Waals surface area contributed by atoms with Crippen LogP contribution in [0.15, 0.2) is 42.5 Å². The van der Waals surface area contributed by atoms with E-state index in [0.29, 0.717) is 10.6 Å². The zero-order chi connectivity index (χ0) is 26.3. The zero-order valence-corrected chi connectivity index (χ0v) is 22.7. The fourth-order valence-electron chi connectivity index (χ4n) is 3.33. The molecular weight excluding hydrogens is 513 g/mol. The molecule has 2 atom stereocenters. The lowest BCUT2D eigenvalue weighted by Crippen LogP contribution is -2.52. The van der Waals surface area contributed by atoms with Crippen molar-refractivity contribution >= 4 is 50.7 Å². The Balaban J connectivity index is 2.46. The minimum absolute atomic E-state index is 0.0543. The molecule has 1 N–H and O–H groups in total. The van der Waals surface area contributed by atoms with Gasteiger partial charge in [0, 0.05) is 22.6 Å². The number of rotatable bonds is 11. The summed E-state index contributed by atoms with van der Waals surface area (Å²) in [4.78, 5) is 27.8. The van der Waals surface area contributed by atoms with Crippen molar-refractivity contribution in [3.63, 3.8) is 0 Å². The lowest BCUT2D eigenvalue weighted by Gasteiger charge is -2.32. The van der Waals surface area contributed by atoms with Crippen LogP contribution in [0, 0.1) is 0 Å². The number of hydrogen-bond acceptors (Lipinski definition) is 5. The normalized spacial score (nSPS) is 13.0. The van der Waals surface area contributed by atoms with E-state index in [0.717, 1.165) is 17.0 Å². The molecule has 0 saturated heterocycles. The summed E-state index contributed by atoms with van der Waals surface area (Å²) in [6, 6.07) is 10.4. The first-order valence-electron chi connectivity index (χ1n) is 11.0. The van der Waals surface area contributed by atoms with Crippen molar-refractivity contribution < 1.29 is 22.7 Å². The summed E-state index contributed by atoms with van der Waals surface area (Å²) in [7, 11) is -2.53. The lowest BCUT2D eigenvalue weighted by molar-refractivity contribution is -0.139. The second-order valence-electron chi connectivity index (χ2n) is 8.23. The number of hydrogen-bond donors (Lipinski definition) is 1. The Labute approximate surface area is 217 Å². The Morgan fingerprint density at radius 3 is 2.31 bits per heavy atom. The minimum atomic E-state index is -3.92. The van der Waals surface area contributed by atoms with Gasteiger partial charge in [-0.3, -0.25) is 13.9 Å². The highest BCUT2D eigenvalue weighted by Gasteiger charge is 2.31. The number of nitrogens with one attached hydrogen (secondary N) is 1. The predicted molar refractivity (Wildman–Crippen MR) is 140 cm³/mol. The molecule has 192 valence electrons. The Bertz CT molecular complexity index is 1160. The predicted octanol–water partition coefficient (Wildman–Crippen LogP) is 4.10. The van der Waals surface area contributed by atoms with Gasteiger partial charge in [0.1, 0.15) is 18.3 Å². The van der Waals surface area contributed by atoms with E-state index in [9.17, 15) is 18.0 Å². The average molecular weight is 545 g/mol. The van der Waals surface area contributed by atoms with E-state index in [1.54, 1.807) is 37.3 Å². The molecule has 2 aromatic carbocycles. The van der Waals surface area contributed by atoms with Crippen LogP contribution in [0.5, 0.6) is 5.75 Å². The van der Waals surface area contributed by atoms with Gasteiger partial charge in [-0.25, -0.2) is 8.42 Å². The molecule has 8 nitrogen and oxygen atoms in total. The van der Waals surface area contributed by atoms with E-state index in [1.807, 2.05) is 13.8 Å². The maximum atomic E-state index is 13.6. The molecule has 0 heterocycles. The number of methoxy groups -OCH3 is 1. The molecule has 35 heavy (non-hydrogen) atoms. The third-order valence-corrected chi connectivity index (χ3v) is 7.10. The highest BCUT2D eigenvalue weighted by molar-refractivity contribution is 7.92. The van der Waals surface area contributed by atoms with E-state index in [4.69, 9.17) is 27.9 Å². The van der Waals surface area contributed by atoms with Crippen molar-refractivity contribution in [1.82, 2.24) is 10.2 Å². The number of nitrogens with zero attached hydrogens (tertiary/aromatic N) is 2. The molecule has 0 aromatic heterocycles. The second-order valence-corrected chi connectivity index (χ2v) is 11.0. The third kappa shape index (κ3) is 8.02. The molecule has 2 amide bonds. The number of halogens is 2. The van der Waals surface area contributed by atoms with Crippen molar-refractivity contribution in [3.8, 4) is 5.75 Å². The topological polar surface area (TPSA) is 96.0 Å². The second kappa shape index (κ2) is 12.5. The molecule has 0 fully saturated rings. The van der Waals surface area contributed by atoms with Crippen molar-refractivity contribution in [2.45, 2.75) is 45.8 Å². The molecule has 2 rings (SSSR count). The van der Waals surface area contributed by atoms with E-state index in [2.05, 4.69) is 5.32 Å². The first kappa shape index (κ1) is 28.7. The quantitative estimate of drug-likeness (QED) is 0.460. The van der Waals surface area contributed by atoms with Crippen LogP contribution >= 0.6 is 23.2 Å². The van der Waals surface area contributed by atoms with Gasteiger partial charge in [0.05, 0.1) is 19.1 Å². The fraction of sp³-hybridized carbons (Fsp3) is 0.417. The largest absolute Gasteiger partial charge is 0.495 e. The highest BCUT2D eigenvalue weighted by Crippen LogP contribution is 2.33. The summed E-state index contributed by atoms with van der Waals surface area (Å²) in [6.45, 7) is 4.90. The number of anilines is 1. The van der Waals surface area contributed by atoms with Crippen LogP contribution < -0.4 is 14.4 Å². The molecule has 0 bridgehead atoms. The van der Waals surface area contributed by atoms with E-state index in [1.165, 1.54) is 24.1 Å². The molecule has 0 unspecified atom stereocenters. The van der Waals surface area contributed by atoms with Crippen molar-refractivity contribution in [2.75, 3.05) is 24.2 Å². The van der Waals surface area contributed by atoms with Crippen LogP contribution in [0.25, 0.3) is 0 Å². The average Bonchev–Trinajstić information content (AvgIpc) is 2.79. The van der Waals surface area contributed by atoms with Crippen LogP contribution in [0.1, 0.15) is 32.8 Å². The maximum Gasteiger partial charge on any atom is 0.244 e. The molecule has 2 aromatic rings. The Morgan fingerprint density at radius 1 is 1.09 bits per heavy atom. The molecule has 11 heteroatoms. The van der Waals surface area contributed by atoms with Crippen LogP contribution in [-0.4, -0.2) is 57.1 Å². The molecule has 0 aliphatic heterocycles. The lowest BCUT2D eigenvalue weighted by atomic mass is 10.1. The van der Waals surface area contributed by atoms with Gasteiger partial charge in [0.25, 0.3) is 0 Å². The number of benzene rings is 2.